The molecule has 1 atom stereocenters. The lowest BCUT2D eigenvalue weighted by Gasteiger charge is -2.28. The van der Waals surface area contributed by atoms with E-state index >= 15 is 0 Å². The van der Waals surface area contributed by atoms with Crippen molar-refractivity contribution in [3.8, 4) is 0 Å². The van der Waals surface area contributed by atoms with E-state index in [1.54, 1.807) is 6.07 Å². The largest absolute Gasteiger partial charge is 0.455 e. The van der Waals surface area contributed by atoms with Crippen LogP contribution in [0.1, 0.15) is 48.4 Å². The van der Waals surface area contributed by atoms with Gasteiger partial charge in [0.1, 0.15) is 11.8 Å². The minimum absolute atomic E-state index is 0.0344. The molecule has 1 aliphatic heterocycles. The van der Waals surface area contributed by atoms with Crippen LogP contribution in [-0.2, 0) is 21.4 Å². The Hall–Kier alpha value is -2.36. The van der Waals surface area contributed by atoms with Crippen molar-refractivity contribution in [2.45, 2.75) is 55.6 Å². The van der Waals surface area contributed by atoms with Crippen LogP contribution in [0.5, 0.6) is 0 Å². The van der Waals surface area contributed by atoms with Gasteiger partial charge in [-0.3, -0.25) is 9.59 Å². The highest BCUT2D eigenvalue weighted by molar-refractivity contribution is 7.89. The lowest BCUT2D eigenvalue weighted by atomic mass is 10.1. The molecule has 0 unspecified atom stereocenters. The van der Waals surface area contributed by atoms with Gasteiger partial charge in [0.2, 0.25) is 15.9 Å². The molecule has 2 fully saturated rings. The van der Waals surface area contributed by atoms with Crippen LogP contribution in [0.3, 0.4) is 0 Å². The van der Waals surface area contributed by atoms with Gasteiger partial charge in [-0.25, -0.2) is 8.42 Å². The third-order valence-corrected chi connectivity index (χ3v) is 7.50. The number of benzene rings is 1. The Morgan fingerprint density at radius 1 is 1.13 bits per heavy atom. The molecule has 0 spiro atoms. The standard InChI is InChI=1S/C21H24ClN3O5S/c22-14-4-9-17(10-5-14)31(28,29)25(18-3-1-2-12-23-20(18)26)13-16-8-11-19(30-16)21(27)24-15-6-7-15/h4-5,8-11,15,18H,1-3,6-7,12-13H2,(H,23,26)(H,24,27)/t18-/m1/s1. The van der Waals surface area contributed by atoms with Crippen LogP contribution in [0.2, 0.25) is 5.02 Å². The lowest BCUT2D eigenvalue weighted by molar-refractivity contribution is -0.124. The number of halogens is 1. The van der Waals surface area contributed by atoms with Gasteiger partial charge in [0.25, 0.3) is 5.91 Å². The molecule has 166 valence electrons. The highest BCUT2D eigenvalue weighted by Crippen LogP contribution is 2.27. The third-order valence-electron chi connectivity index (χ3n) is 5.38. The number of hydrogen-bond acceptors (Lipinski definition) is 5. The zero-order valence-corrected chi connectivity index (χ0v) is 18.4. The summed E-state index contributed by atoms with van der Waals surface area (Å²) in [5, 5.41) is 6.03. The Balaban J connectivity index is 1.63. The second-order valence-electron chi connectivity index (χ2n) is 7.82. The van der Waals surface area contributed by atoms with E-state index in [-0.39, 0.29) is 40.8 Å². The number of nitrogens with zero attached hydrogens (tertiary/aromatic N) is 1. The van der Waals surface area contributed by atoms with Crippen LogP contribution in [-0.4, -0.2) is 43.2 Å². The number of furan rings is 1. The Morgan fingerprint density at radius 2 is 1.87 bits per heavy atom. The van der Waals surface area contributed by atoms with E-state index in [0.717, 1.165) is 23.6 Å². The van der Waals surface area contributed by atoms with Gasteiger partial charge in [0, 0.05) is 17.6 Å². The summed E-state index contributed by atoms with van der Waals surface area (Å²) in [5.74, 6) is -0.257. The summed E-state index contributed by atoms with van der Waals surface area (Å²) in [6.07, 6.45) is 3.79. The predicted molar refractivity (Wildman–Crippen MR) is 114 cm³/mol. The predicted octanol–water partition coefficient (Wildman–Crippen LogP) is 2.68. The maximum atomic E-state index is 13.5. The fourth-order valence-electron chi connectivity index (χ4n) is 3.53. The van der Waals surface area contributed by atoms with Crippen molar-refractivity contribution >= 4 is 33.4 Å². The molecule has 2 aliphatic rings. The minimum atomic E-state index is -4.03. The zero-order chi connectivity index (χ0) is 22.0. The van der Waals surface area contributed by atoms with Crippen molar-refractivity contribution in [1.29, 1.82) is 0 Å². The fraction of sp³-hybridized carbons (Fsp3) is 0.429. The number of sulfonamides is 1. The van der Waals surface area contributed by atoms with Gasteiger partial charge in [-0.15, -0.1) is 0 Å². The van der Waals surface area contributed by atoms with E-state index in [2.05, 4.69) is 10.6 Å². The first-order valence-electron chi connectivity index (χ1n) is 10.3. The first-order chi connectivity index (χ1) is 14.8. The SMILES string of the molecule is O=C(NC1CC1)c1ccc(CN([C@@H]2CCCCNC2=O)S(=O)(=O)c2ccc(Cl)cc2)o1. The summed E-state index contributed by atoms with van der Waals surface area (Å²) >= 11 is 5.91. The second kappa shape index (κ2) is 9.02. The molecule has 1 aliphatic carbocycles. The number of carbonyl (C=O) groups is 2. The van der Waals surface area contributed by atoms with Crippen LogP contribution in [0.15, 0.2) is 45.7 Å². The summed E-state index contributed by atoms with van der Waals surface area (Å²) in [7, 11) is -4.03. The molecule has 31 heavy (non-hydrogen) atoms. The quantitative estimate of drug-likeness (QED) is 0.653. The average molecular weight is 466 g/mol. The van der Waals surface area contributed by atoms with Crippen molar-refractivity contribution in [2.75, 3.05) is 6.54 Å². The van der Waals surface area contributed by atoms with Crippen molar-refractivity contribution in [3.05, 3.63) is 52.9 Å². The summed E-state index contributed by atoms with van der Waals surface area (Å²) in [4.78, 5) is 25.0. The topological polar surface area (TPSA) is 109 Å². The van der Waals surface area contributed by atoms with Gasteiger partial charge < -0.3 is 15.1 Å². The van der Waals surface area contributed by atoms with Gasteiger partial charge >= 0.3 is 0 Å². The minimum Gasteiger partial charge on any atom is -0.455 e. The maximum Gasteiger partial charge on any atom is 0.287 e. The molecular formula is C21H24ClN3O5S. The molecule has 10 heteroatoms. The smallest absolute Gasteiger partial charge is 0.287 e. The summed E-state index contributed by atoms with van der Waals surface area (Å²) in [6.45, 7) is 0.343. The Bertz CT molecular complexity index is 1060. The summed E-state index contributed by atoms with van der Waals surface area (Å²) in [5.41, 5.74) is 0. The average Bonchev–Trinajstić information content (AvgIpc) is 3.47. The van der Waals surface area contributed by atoms with E-state index in [0.29, 0.717) is 24.4 Å². The van der Waals surface area contributed by atoms with Crippen molar-refractivity contribution in [1.82, 2.24) is 14.9 Å². The van der Waals surface area contributed by atoms with Crippen molar-refractivity contribution < 1.29 is 22.4 Å². The van der Waals surface area contributed by atoms with Crippen molar-refractivity contribution in [3.63, 3.8) is 0 Å². The number of hydrogen-bond donors (Lipinski definition) is 2. The zero-order valence-electron chi connectivity index (χ0n) is 16.8. The van der Waals surface area contributed by atoms with Gasteiger partial charge in [0.05, 0.1) is 11.4 Å². The van der Waals surface area contributed by atoms with Gasteiger partial charge in [-0.1, -0.05) is 11.6 Å². The van der Waals surface area contributed by atoms with Gasteiger partial charge in [-0.2, -0.15) is 4.31 Å². The van der Waals surface area contributed by atoms with Gasteiger partial charge in [0.15, 0.2) is 5.76 Å². The number of nitrogens with one attached hydrogen (secondary N) is 2. The van der Waals surface area contributed by atoms with Crippen LogP contribution in [0, 0.1) is 0 Å². The highest BCUT2D eigenvalue weighted by atomic mass is 35.5. The van der Waals surface area contributed by atoms with Crippen LogP contribution >= 0.6 is 11.6 Å². The molecule has 0 bridgehead atoms. The number of carbonyl (C=O) groups excluding carboxylic acids is 2. The Morgan fingerprint density at radius 3 is 2.58 bits per heavy atom. The number of amides is 2. The van der Waals surface area contributed by atoms with E-state index in [1.807, 2.05) is 0 Å². The molecule has 4 rings (SSSR count). The van der Waals surface area contributed by atoms with Crippen LogP contribution in [0.25, 0.3) is 0 Å². The summed E-state index contributed by atoms with van der Waals surface area (Å²) < 4.78 is 33.8. The second-order valence-corrected chi connectivity index (χ2v) is 10.1. The monoisotopic (exact) mass is 465 g/mol. The molecule has 1 aromatic heterocycles. The van der Waals surface area contributed by atoms with Crippen molar-refractivity contribution in [2.24, 2.45) is 0 Å². The Labute approximate surface area is 186 Å². The molecule has 2 N–H and O–H groups in total. The fourth-order valence-corrected chi connectivity index (χ4v) is 5.24. The molecule has 2 amide bonds. The molecule has 2 aromatic rings. The summed E-state index contributed by atoms with van der Waals surface area (Å²) in [6, 6.07) is 8.20. The van der Waals surface area contributed by atoms with E-state index in [4.69, 9.17) is 16.0 Å². The maximum absolute atomic E-state index is 13.5. The third kappa shape index (κ3) is 5.11. The first kappa shape index (κ1) is 21.9. The molecule has 1 aromatic carbocycles. The van der Waals surface area contributed by atoms with E-state index < -0.39 is 16.1 Å². The first-order valence-corrected chi connectivity index (χ1v) is 12.1. The molecule has 8 nitrogen and oxygen atoms in total. The van der Waals surface area contributed by atoms with Gasteiger partial charge in [-0.05, 0) is 68.5 Å². The molecular weight excluding hydrogens is 442 g/mol. The molecule has 0 radical (unpaired) electrons. The van der Waals surface area contributed by atoms with E-state index in [9.17, 15) is 18.0 Å². The molecule has 1 saturated carbocycles. The Kier molecular flexibility index (Phi) is 6.36. The van der Waals surface area contributed by atoms with Crippen LogP contribution < -0.4 is 10.6 Å². The van der Waals surface area contributed by atoms with Crippen LogP contribution in [0.4, 0.5) is 0 Å². The molecule has 2 heterocycles. The lowest BCUT2D eigenvalue weighted by Crippen LogP contribution is -2.48. The normalized spacial score (nSPS) is 19.7. The highest BCUT2D eigenvalue weighted by Gasteiger charge is 2.37. The molecule has 1 saturated heterocycles. The number of rotatable bonds is 7. The van der Waals surface area contributed by atoms with E-state index in [1.165, 1.54) is 30.3 Å².